The zero-order chi connectivity index (χ0) is 17.2. The number of anilines is 1. The second-order valence-electron chi connectivity index (χ2n) is 5.64. The maximum atomic E-state index is 13.3. The lowest BCUT2D eigenvalue weighted by Crippen LogP contribution is -2.31. The van der Waals surface area contributed by atoms with E-state index in [9.17, 15) is 8.78 Å². The summed E-state index contributed by atoms with van der Waals surface area (Å²) in [7, 11) is 0. The van der Waals surface area contributed by atoms with Crippen molar-refractivity contribution in [2.45, 2.75) is 6.23 Å². The van der Waals surface area contributed by atoms with Crippen molar-refractivity contribution in [2.24, 2.45) is 5.16 Å². The van der Waals surface area contributed by atoms with Gasteiger partial charge in [0, 0.05) is 16.8 Å². The fourth-order valence-electron chi connectivity index (χ4n) is 2.78. The van der Waals surface area contributed by atoms with E-state index in [2.05, 4.69) is 5.16 Å². The van der Waals surface area contributed by atoms with Gasteiger partial charge in [-0.1, -0.05) is 35.5 Å². The monoisotopic (exact) mass is 336 g/mol. The normalized spacial score (nSPS) is 16.5. The Morgan fingerprint density at radius 3 is 2.00 bits per heavy atom. The highest BCUT2D eigenvalue weighted by Crippen LogP contribution is 2.35. The third-order valence-electron chi connectivity index (χ3n) is 3.99. The van der Waals surface area contributed by atoms with Gasteiger partial charge in [-0.15, -0.1) is 0 Å². The van der Waals surface area contributed by atoms with Crippen molar-refractivity contribution >= 4 is 11.5 Å². The Hall–Kier alpha value is -3.21. The van der Waals surface area contributed by atoms with Crippen LogP contribution in [0.25, 0.3) is 0 Å². The van der Waals surface area contributed by atoms with E-state index in [4.69, 9.17) is 4.84 Å². The smallest absolute Gasteiger partial charge is 0.231 e. The molecule has 0 bridgehead atoms. The van der Waals surface area contributed by atoms with Crippen LogP contribution in [0.3, 0.4) is 0 Å². The third-order valence-corrected chi connectivity index (χ3v) is 3.99. The molecule has 1 aliphatic heterocycles. The average Bonchev–Trinajstić information content (AvgIpc) is 3.09. The maximum absolute atomic E-state index is 13.3. The molecule has 0 fully saturated rings. The van der Waals surface area contributed by atoms with Crippen LogP contribution in [-0.2, 0) is 4.84 Å². The summed E-state index contributed by atoms with van der Waals surface area (Å²) in [6, 6.07) is 21.7. The van der Waals surface area contributed by atoms with Crippen molar-refractivity contribution in [3.8, 4) is 0 Å². The molecule has 1 aliphatic rings. The summed E-state index contributed by atoms with van der Waals surface area (Å²) in [6.45, 7) is 0. The number of amidine groups is 1. The fraction of sp³-hybridized carbons (Fsp3) is 0.0500. The molecule has 0 saturated heterocycles. The Morgan fingerprint density at radius 2 is 1.36 bits per heavy atom. The van der Waals surface area contributed by atoms with E-state index in [0.29, 0.717) is 11.4 Å². The molecular weight excluding hydrogens is 322 g/mol. The van der Waals surface area contributed by atoms with Crippen molar-refractivity contribution in [1.82, 2.24) is 0 Å². The quantitative estimate of drug-likeness (QED) is 0.682. The zero-order valence-corrected chi connectivity index (χ0v) is 13.1. The van der Waals surface area contributed by atoms with E-state index in [1.54, 1.807) is 24.3 Å². The molecule has 0 N–H and O–H groups in total. The third kappa shape index (κ3) is 2.96. The van der Waals surface area contributed by atoms with Gasteiger partial charge in [-0.05, 0) is 48.5 Å². The summed E-state index contributed by atoms with van der Waals surface area (Å²) in [4.78, 5) is 7.52. The molecule has 0 spiro atoms. The van der Waals surface area contributed by atoms with Crippen LogP contribution in [0.5, 0.6) is 0 Å². The van der Waals surface area contributed by atoms with Gasteiger partial charge in [0.15, 0.2) is 5.84 Å². The minimum atomic E-state index is -0.480. The first kappa shape index (κ1) is 15.3. The lowest BCUT2D eigenvalue weighted by molar-refractivity contribution is 0.0868. The van der Waals surface area contributed by atoms with Crippen LogP contribution in [0.1, 0.15) is 17.4 Å². The molecule has 3 aromatic rings. The number of oxime groups is 1. The van der Waals surface area contributed by atoms with E-state index in [-0.39, 0.29) is 11.6 Å². The highest BCUT2D eigenvalue weighted by molar-refractivity contribution is 6.10. The van der Waals surface area contributed by atoms with Crippen LogP contribution >= 0.6 is 0 Å². The number of rotatable bonds is 3. The van der Waals surface area contributed by atoms with Crippen molar-refractivity contribution in [2.75, 3.05) is 4.90 Å². The molecule has 0 aliphatic carbocycles. The Labute approximate surface area is 143 Å². The molecule has 3 aromatic carbocycles. The second kappa shape index (κ2) is 6.36. The van der Waals surface area contributed by atoms with Crippen molar-refractivity contribution in [3.05, 3.63) is 102 Å². The van der Waals surface area contributed by atoms with E-state index in [1.165, 1.54) is 24.3 Å². The summed E-state index contributed by atoms with van der Waals surface area (Å²) >= 11 is 0. The van der Waals surface area contributed by atoms with Gasteiger partial charge >= 0.3 is 0 Å². The molecule has 1 atom stereocenters. The van der Waals surface area contributed by atoms with E-state index >= 15 is 0 Å². The molecule has 1 heterocycles. The van der Waals surface area contributed by atoms with Gasteiger partial charge in [0.05, 0.1) is 0 Å². The molecule has 0 saturated carbocycles. The molecule has 124 valence electrons. The molecule has 0 amide bonds. The van der Waals surface area contributed by atoms with Crippen molar-refractivity contribution < 1.29 is 13.6 Å². The summed E-state index contributed by atoms with van der Waals surface area (Å²) in [6.07, 6.45) is -0.480. The lowest BCUT2D eigenvalue weighted by atomic mass is 10.1. The lowest BCUT2D eigenvalue weighted by Gasteiger charge is -2.25. The first-order valence-corrected chi connectivity index (χ1v) is 7.82. The Bertz CT molecular complexity index is 893. The van der Waals surface area contributed by atoms with Crippen LogP contribution in [0.2, 0.25) is 0 Å². The molecular formula is C20H14F2N2O. The minimum Gasteiger partial charge on any atom is -0.363 e. The topological polar surface area (TPSA) is 24.8 Å². The SMILES string of the molecule is Fc1ccc(C2=NOC(c3ccccc3)N2c2ccc(F)cc2)cc1. The van der Waals surface area contributed by atoms with Gasteiger partial charge < -0.3 is 4.84 Å². The van der Waals surface area contributed by atoms with Gasteiger partial charge in [0.25, 0.3) is 0 Å². The van der Waals surface area contributed by atoms with Crippen molar-refractivity contribution in [1.29, 1.82) is 0 Å². The van der Waals surface area contributed by atoms with Gasteiger partial charge in [0.1, 0.15) is 11.6 Å². The minimum absolute atomic E-state index is 0.319. The predicted molar refractivity (Wildman–Crippen MR) is 92.1 cm³/mol. The molecule has 0 aromatic heterocycles. The fourth-order valence-corrected chi connectivity index (χ4v) is 2.78. The van der Waals surface area contributed by atoms with E-state index < -0.39 is 6.23 Å². The Kier molecular flexibility index (Phi) is 3.90. The zero-order valence-electron chi connectivity index (χ0n) is 13.1. The van der Waals surface area contributed by atoms with E-state index in [0.717, 1.165) is 11.3 Å². The first-order chi connectivity index (χ1) is 12.2. The van der Waals surface area contributed by atoms with Gasteiger partial charge in [-0.3, -0.25) is 4.90 Å². The molecule has 0 radical (unpaired) electrons. The number of hydrogen-bond acceptors (Lipinski definition) is 3. The summed E-state index contributed by atoms with van der Waals surface area (Å²) in [5.41, 5.74) is 2.35. The van der Waals surface area contributed by atoms with Crippen LogP contribution in [0.4, 0.5) is 14.5 Å². The van der Waals surface area contributed by atoms with Crippen molar-refractivity contribution in [3.63, 3.8) is 0 Å². The summed E-state index contributed by atoms with van der Waals surface area (Å²) in [5.74, 6) is -0.0999. The molecule has 25 heavy (non-hydrogen) atoms. The predicted octanol–water partition coefficient (Wildman–Crippen LogP) is 4.86. The maximum Gasteiger partial charge on any atom is 0.231 e. The molecule has 5 heteroatoms. The molecule has 4 rings (SSSR count). The van der Waals surface area contributed by atoms with Crippen LogP contribution < -0.4 is 4.90 Å². The van der Waals surface area contributed by atoms with Gasteiger partial charge in [-0.2, -0.15) is 0 Å². The molecule has 3 nitrogen and oxygen atoms in total. The standard InChI is InChI=1S/C20H14F2N2O/c21-16-8-6-14(7-9-16)19-23-25-20(15-4-2-1-3-5-15)24(19)18-12-10-17(22)11-13-18/h1-13,20H. The average molecular weight is 336 g/mol. The summed E-state index contributed by atoms with van der Waals surface area (Å²) < 4.78 is 26.6. The second-order valence-corrected chi connectivity index (χ2v) is 5.64. The van der Waals surface area contributed by atoms with Gasteiger partial charge in [0.2, 0.25) is 6.23 Å². The van der Waals surface area contributed by atoms with Crippen LogP contribution in [-0.4, -0.2) is 5.84 Å². The largest absolute Gasteiger partial charge is 0.363 e. The molecule has 1 unspecified atom stereocenters. The Morgan fingerprint density at radius 1 is 0.760 bits per heavy atom. The van der Waals surface area contributed by atoms with Crippen LogP contribution in [0, 0.1) is 11.6 Å². The highest BCUT2D eigenvalue weighted by atomic mass is 19.1. The Balaban J connectivity index is 1.78. The number of hydrogen-bond donors (Lipinski definition) is 0. The van der Waals surface area contributed by atoms with Gasteiger partial charge in [-0.25, -0.2) is 8.78 Å². The summed E-state index contributed by atoms with van der Waals surface area (Å²) in [5, 5.41) is 4.20. The first-order valence-electron chi connectivity index (χ1n) is 7.82. The van der Waals surface area contributed by atoms with Crippen LogP contribution in [0.15, 0.2) is 84.0 Å². The highest BCUT2D eigenvalue weighted by Gasteiger charge is 2.33. The number of halogens is 2. The number of nitrogens with zero attached hydrogens (tertiary/aromatic N) is 2. The number of benzene rings is 3. The van der Waals surface area contributed by atoms with E-state index in [1.807, 2.05) is 35.2 Å².